The van der Waals surface area contributed by atoms with Crippen LogP contribution in [0.3, 0.4) is 0 Å². The van der Waals surface area contributed by atoms with Crippen LogP contribution < -0.4 is 5.32 Å². The molecule has 0 saturated heterocycles. The Morgan fingerprint density at radius 3 is 1.85 bits per heavy atom. The summed E-state index contributed by atoms with van der Waals surface area (Å²) in [7, 11) is 0. The third-order valence-electron chi connectivity index (χ3n) is 3.68. The lowest BCUT2D eigenvalue weighted by molar-refractivity contribution is -0.117. The molecule has 144 valence electrons. The van der Waals surface area contributed by atoms with E-state index in [0.717, 1.165) is 19.3 Å². The first kappa shape index (κ1) is 23.9. The number of unbranched alkanes of at least 4 members (excludes halogenated alkanes) is 2. The van der Waals surface area contributed by atoms with Gasteiger partial charge in [0, 0.05) is 12.6 Å². The van der Waals surface area contributed by atoms with Gasteiger partial charge in [0.25, 0.3) is 0 Å². The molecule has 0 heterocycles. The molecule has 0 aromatic carbocycles. The monoisotopic (exact) mass is 357 g/mol. The minimum Gasteiger partial charge on any atom is -0.388 e. The summed E-state index contributed by atoms with van der Waals surface area (Å²) in [4.78, 5) is 11.6. The minimum atomic E-state index is -0.849. The highest BCUT2D eigenvalue weighted by Gasteiger charge is 2.17. The van der Waals surface area contributed by atoms with Crippen molar-refractivity contribution in [1.29, 1.82) is 0 Å². The van der Waals surface area contributed by atoms with Crippen LogP contribution >= 0.6 is 0 Å². The van der Waals surface area contributed by atoms with Gasteiger partial charge in [-0.1, -0.05) is 87.1 Å². The standard InChI is InChI=1S/C23H35NO2/c1-4-6-7-8-9-10-11-12-13-14-15-16-17-18-19-20-22(25)24-21-23(3,26)5-2/h7-12,15-20,26H,4-6,13-14,21H2,1-3H3,(H,24,25). The fourth-order valence-corrected chi connectivity index (χ4v) is 1.74. The Morgan fingerprint density at radius 2 is 1.35 bits per heavy atom. The zero-order valence-electron chi connectivity index (χ0n) is 16.5. The molecular weight excluding hydrogens is 322 g/mol. The molecule has 0 rings (SSSR count). The molecule has 0 aliphatic rings. The van der Waals surface area contributed by atoms with Crippen molar-refractivity contribution in [2.45, 2.75) is 58.5 Å². The van der Waals surface area contributed by atoms with Crippen LogP contribution in [0, 0.1) is 0 Å². The van der Waals surface area contributed by atoms with Crippen LogP contribution in [0.2, 0.25) is 0 Å². The Bertz CT molecular complexity index is 534. The molecule has 0 aromatic rings. The Balaban J connectivity index is 3.83. The van der Waals surface area contributed by atoms with E-state index >= 15 is 0 Å². The third kappa shape index (κ3) is 16.7. The zero-order chi connectivity index (χ0) is 19.5. The second-order valence-corrected chi connectivity index (χ2v) is 6.35. The van der Waals surface area contributed by atoms with E-state index in [9.17, 15) is 9.90 Å². The van der Waals surface area contributed by atoms with Gasteiger partial charge in [-0.3, -0.25) is 4.79 Å². The first-order valence-electron chi connectivity index (χ1n) is 9.50. The highest BCUT2D eigenvalue weighted by Crippen LogP contribution is 2.05. The van der Waals surface area contributed by atoms with Gasteiger partial charge in [-0.05, 0) is 32.6 Å². The molecule has 1 atom stereocenters. The van der Waals surface area contributed by atoms with Crippen molar-refractivity contribution in [2.24, 2.45) is 0 Å². The highest BCUT2D eigenvalue weighted by atomic mass is 16.3. The van der Waals surface area contributed by atoms with Gasteiger partial charge < -0.3 is 10.4 Å². The van der Waals surface area contributed by atoms with Gasteiger partial charge in [-0.2, -0.15) is 0 Å². The van der Waals surface area contributed by atoms with Crippen LogP contribution in [0.1, 0.15) is 52.9 Å². The molecule has 2 N–H and O–H groups in total. The van der Waals surface area contributed by atoms with Gasteiger partial charge in [0.1, 0.15) is 0 Å². The van der Waals surface area contributed by atoms with Crippen LogP contribution in [0.5, 0.6) is 0 Å². The van der Waals surface area contributed by atoms with Gasteiger partial charge in [-0.25, -0.2) is 0 Å². The van der Waals surface area contributed by atoms with Crippen LogP contribution in [0.15, 0.2) is 72.9 Å². The van der Waals surface area contributed by atoms with Crippen molar-refractivity contribution in [3.63, 3.8) is 0 Å². The largest absolute Gasteiger partial charge is 0.388 e. The number of hydrogen-bond donors (Lipinski definition) is 2. The molecule has 1 amide bonds. The Morgan fingerprint density at radius 1 is 0.846 bits per heavy atom. The van der Waals surface area contributed by atoms with Crippen molar-refractivity contribution < 1.29 is 9.90 Å². The number of carbonyl (C=O) groups is 1. The number of aliphatic hydroxyl groups is 1. The molecular formula is C23H35NO2. The van der Waals surface area contributed by atoms with Gasteiger partial charge in [0.2, 0.25) is 5.91 Å². The SMILES string of the molecule is CCCC=CC=CC=CCCC=CC=CC=CC(=O)NCC(C)(O)CC. The van der Waals surface area contributed by atoms with E-state index in [1.165, 1.54) is 12.5 Å². The number of hydrogen-bond acceptors (Lipinski definition) is 2. The number of carbonyl (C=O) groups excluding carboxylic acids is 1. The van der Waals surface area contributed by atoms with E-state index < -0.39 is 5.60 Å². The normalized spacial score (nSPS) is 15.4. The summed E-state index contributed by atoms with van der Waals surface area (Å²) in [6.45, 7) is 6.02. The van der Waals surface area contributed by atoms with Gasteiger partial charge >= 0.3 is 0 Å². The van der Waals surface area contributed by atoms with E-state index in [0.29, 0.717) is 6.42 Å². The van der Waals surface area contributed by atoms with Crippen molar-refractivity contribution in [3.05, 3.63) is 72.9 Å². The summed E-state index contributed by atoms with van der Waals surface area (Å²) < 4.78 is 0. The fraction of sp³-hybridized carbons (Fsp3) is 0.435. The Labute approximate surface area is 159 Å². The average Bonchev–Trinajstić information content (AvgIpc) is 2.63. The number of nitrogens with one attached hydrogen (secondary N) is 1. The van der Waals surface area contributed by atoms with Crippen LogP contribution in [0.25, 0.3) is 0 Å². The predicted molar refractivity (Wildman–Crippen MR) is 113 cm³/mol. The molecule has 0 saturated carbocycles. The molecule has 3 heteroatoms. The first-order chi connectivity index (χ1) is 12.5. The van der Waals surface area contributed by atoms with Crippen LogP contribution in [0.4, 0.5) is 0 Å². The molecule has 1 unspecified atom stereocenters. The Hall–Kier alpha value is -2.13. The van der Waals surface area contributed by atoms with Gasteiger partial charge in [0.05, 0.1) is 5.60 Å². The lowest BCUT2D eigenvalue weighted by Gasteiger charge is -2.20. The molecule has 0 radical (unpaired) electrons. The van der Waals surface area contributed by atoms with Crippen molar-refractivity contribution in [1.82, 2.24) is 5.32 Å². The van der Waals surface area contributed by atoms with Crippen molar-refractivity contribution in [2.75, 3.05) is 6.54 Å². The van der Waals surface area contributed by atoms with E-state index in [1.807, 2.05) is 31.2 Å². The van der Waals surface area contributed by atoms with Crippen LogP contribution in [-0.2, 0) is 4.79 Å². The van der Waals surface area contributed by atoms with Gasteiger partial charge in [-0.15, -0.1) is 0 Å². The van der Waals surface area contributed by atoms with E-state index in [4.69, 9.17) is 0 Å². The molecule has 0 spiro atoms. The maximum absolute atomic E-state index is 11.6. The maximum atomic E-state index is 11.6. The van der Waals surface area contributed by atoms with Gasteiger partial charge in [0.15, 0.2) is 0 Å². The molecule has 0 fully saturated rings. The van der Waals surface area contributed by atoms with Crippen LogP contribution in [-0.4, -0.2) is 23.2 Å². The smallest absolute Gasteiger partial charge is 0.244 e. The molecule has 0 bridgehead atoms. The van der Waals surface area contributed by atoms with E-state index in [1.54, 1.807) is 13.0 Å². The number of amides is 1. The van der Waals surface area contributed by atoms with Crippen molar-refractivity contribution in [3.8, 4) is 0 Å². The molecule has 26 heavy (non-hydrogen) atoms. The first-order valence-corrected chi connectivity index (χ1v) is 9.50. The van der Waals surface area contributed by atoms with Crippen molar-refractivity contribution >= 4 is 5.91 Å². The second-order valence-electron chi connectivity index (χ2n) is 6.35. The molecule has 0 aromatic heterocycles. The molecule has 0 aliphatic carbocycles. The number of allylic oxidation sites excluding steroid dienone is 11. The second kappa shape index (κ2) is 16.3. The molecule has 3 nitrogen and oxygen atoms in total. The zero-order valence-corrected chi connectivity index (χ0v) is 16.5. The maximum Gasteiger partial charge on any atom is 0.244 e. The lowest BCUT2D eigenvalue weighted by Crippen LogP contribution is -2.39. The quantitative estimate of drug-likeness (QED) is 0.271. The summed E-state index contributed by atoms with van der Waals surface area (Å²) >= 11 is 0. The third-order valence-corrected chi connectivity index (χ3v) is 3.68. The topological polar surface area (TPSA) is 49.3 Å². The summed E-state index contributed by atoms with van der Waals surface area (Å²) in [5.74, 6) is -0.199. The summed E-state index contributed by atoms with van der Waals surface area (Å²) in [6, 6.07) is 0. The van der Waals surface area contributed by atoms with E-state index in [-0.39, 0.29) is 12.5 Å². The predicted octanol–water partition coefficient (Wildman–Crippen LogP) is 5.18. The minimum absolute atomic E-state index is 0.199. The lowest BCUT2D eigenvalue weighted by atomic mass is 10.0. The fourth-order valence-electron chi connectivity index (χ4n) is 1.74. The average molecular weight is 358 g/mol. The highest BCUT2D eigenvalue weighted by molar-refractivity contribution is 5.87. The number of rotatable bonds is 13. The summed E-state index contributed by atoms with van der Waals surface area (Å²) in [6.07, 6.45) is 28.4. The summed E-state index contributed by atoms with van der Waals surface area (Å²) in [5.41, 5.74) is -0.849. The Kier molecular flexibility index (Phi) is 15.0. The summed E-state index contributed by atoms with van der Waals surface area (Å²) in [5, 5.41) is 12.5. The molecule has 0 aliphatic heterocycles. The van der Waals surface area contributed by atoms with E-state index in [2.05, 4.69) is 48.7 Å².